The first-order chi connectivity index (χ1) is 9.42. The summed E-state index contributed by atoms with van der Waals surface area (Å²) in [7, 11) is -3.73. The molecule has 0 aliphatic heterocycles. The lowest BCUT2D eigenvalue weighted by molar-refractivity contribution is -0.146. The van der Waals surface area contributed by atoms with E-state index >= 15 is 0 Å². The first-order valence-corrected chi connectivity index (χ1v) is 8.14. The van der Waals surface area contributed by atoms with Gasteiger partial charge >= 0.3 is 5.97 Å². The second-order valence-electron chi connectivity index (χ2n) is 4.55. The molecule has 0 unspecified atom stereocenters. The molecule has 1 N–H and O–H groups in total. The quantitative estimate of drug-likeness (QED) is 0.781. The fraction of sp³-hybridized carbons (Fsp3) is 0.500. The Kier molecular flexibility index (Phi) is 6.16. The number of esters is 1. The summed E-state index contributed by atoms with van der Waals surface area (Å²) >= 11 is 0. The van der Waals surface area contributed by atoms with Gasteiger partial charge in [0.05, 0.1) is 11.5 Å². The molecule has 6 heteroatoms. The SMILES string of the molecule is CCOC(=O)[C@H](NS(=O)(=O)c1ccccc1)[C@H](C)CC. The Morgan fingerprint density at radius 1 is 1.25 bits per heavy atom. The van der Waals surface area contributed by atoms with Crippen molar-refractivity contribution in [3.05, 3.63) is 30.3 Å². The minimum atomic E-state index is -3.73. The Hall–Kier alpha value is -1.40. The van der Waals surface area contributed by atoms with Crippen LogP contribution in [0.1, 0.15) is 27.2 Å². The van der Waals surface area contributed by atoms with Gasteiger partial charge < -0.3 is 4.74 Å². The van der Waals surface area contributed by atoms with Crippen LogP contribution >= 0.6 is 0 Å². The van der Waals surface area contributed by atoms with Gasteiger partial charge in [0.15, 0.2) is 0 Å². The number of ether oxygens (including phenoxy) is 1. The first kappa shape index (κ1) is 16.7. The molecule has 1 aromatic rings. The van der Waals surface area contributed by atoms with Gasteiger partial charge in [-0.2, -0.15) is 4.72 Å². The summed E-state index contributed by atoms with van der Waals surface area (Å²) in [6, 6.07) is 7.11. The van der Waals surface area contributed by atoms with E-state index in [1.165, 1.54) is 12.1 Å². The average Bonchev–Trinajstić information content (AvgIpc) is 2.45. The molecule has 0 aliphatic rings. The molecule has 1 rings (SSSR count). The van der Waals surface area contributed by atoms with Crippen molar-refractivity contribution in [2.45, 2.75) is 38.1 Å². The lowest BCUT2D eigenvalue weighted by atomic mass is 10.0. The van der Waals surface area contributed by atoms with Crippen LogP contribution in [-0.2, 0) is 19.6 Å². The van der Waals surface area contributed by atoms with Crippen LogP contribution in [0, 0.1) is 5.92 Å². The lowest BCUT2D eigenvalue weighted by Gasteiger charge is -2.22. The number of hydrogen-bond acceptors (Lipinski definition) is 4. The van der Waals surface area contributed by atoms with Crippen LogP contribution in [0.2, 0.25) is 0 Å². The van der Waals surface area contributed by atoms with Crippen molar-refractivity contribution in [2.24, 2.45) is 5.92 Å². The van der Waals surface area contributed by atoms with Gasteiger partial charge in [-0.3, -0.25) is 4.79 Å². The molecule has 2 atom stereocenters. The normalized spacial score (nSPS) is 14.6. The topological polar surface area (TPSA) is 72.5 Å². The summed E-state index contributed by atoms with van der Waals surface area (Å²) in [5, 5.41) is 0. The van der Waals surface area contributed by atoms with E-state index in [9.17, 15) is 13.2 Å². The molecule has 0 heterocycles. The zero-order valence-corrected chi connectivity index (χ0v) is 12.8. The minimum absolute atomic E-state index is 0.137. The van der Waals surface area contributed by atoms with Crippen LogP contribution in [-0.4, -0.2) is 27.0 Å². The Morgan fingerprint density at radius 3 is 2.35 bits per heavy atom. The van der Waals surface area contributed by atoms with Crippen LogP contribution in [0.4, 0.5) is 0 Å². The van der Waals surface area contributed by atoms with Crippen molar-refractivity contribution in [1.82, 2.24) is 4.72 Å². The molecule has 1 aromatic carbocycles. The van der Waals surface area contributed by atoms with Gasteiger partial charge in [0.2, 0.25) is 10.0 Å². The van der Waals surface area contributed by atoms with E-state index < -0.39 is 22.0 Å². The highest BCUT2D eigenvalue weighted by Gasteiger charge is 2.30. The Labute approximate surface area is 120 Å². The number of hydrogen-bond donors (Lipinski definition) is 1. The zero-order valence-electron chi connectivity index (χ0n) is 12.0. The van der Waals surface area contributed by atoms with Crippen LogP contribution < -0.4 is 4.72 Å². The van der Waals surface area contributed by atoms with E-state index in [1.54, 1.807) is 25.1 Å². The standard InChI is InChI=1S/C14H21NO4S/c1-4-11(3)13(14(16)19-5-2)15-20(17,18)12-9-7-6-8-10-12/h6-11,13,15H,4-5H2,1-3H3/t11-,13-/m1/s1. The van der Waals surface area contributed by atoms with Crippen LogP contribution in [0.15, 0.2) is 35.2 Å². The van der Waals surface area contributed by atoms with E-state index in [4.69, 9.17) is 4.74 Å². The summed E-state index contributed by atoms with van der Waals surface area (Å²) in [6.07, 6.45) is 0.667. The molecule has 0 aliphatic carbocycles. The van der Waals surface area contributed by atoms with Crippen molar-refractivity contribution >= 4 is 16.0 Å². The molecule has 112 valence electrons. The third kappa shape index (κ3) is 4.31. The third-order valence-corrected chi connectivity index (χ3v) is 4.55. The second kappa shape index (κ2) is 7.40. The van der Waals surface area contributed by atoms with E-state index in [0.29, 0.717) is 6.42 Å². The number of nitrogens with one attached hydrogen (secondary N) is 1. The van der Waals surface area contributed by atoms with E-state index in [0.717, 1.165) is 0 Å². The van der Waals surface area contributed by atoms with E-state index in [-0.39, 0.29) is 17.4 Å². The molecule has 5 nitrogen and oxygen atoms in total. The van der Waals surface area contributed by atoms with Crippen LogP contribution in [0.3, 0.4) is 0 Å². The Bertz CT molecular complexity index is 527. The Balaban J connectivity index is 2.97. The summed E-state index contributed by atoms with van der Waals surface area (Å²) in [5.74, 6) is -0.686. The molecule has 0 bridgehead atoms. The summed E-state index contributed by atoms with van der Waals surface area (Å²) < 4.78 is 31.9. The summed E-state index contributed by atoms with van der Waals surface area (Å²) in [5.41, 5.74) is 0. The predicted molar refractivity (Wildman–Crippen MR) is 76.6 cm³/mol. The second-order valence-corrected chi connectivity index (χ2v) is 6.26. The molecule has 0 radical (unpaired) electrons. The van der Waals surface area contributed by atoms with Crippen LogP contribution in [0.5, 0.6) is 0 Å². The molecule has 0 fully saturated rings. The molecule has 0 saturated carbocycles. The smallest absolute Gasteiger partial charge is 0.324 e. The largest absolute Gasteiger partial charge is 0.465 e. The van der Waals surface area contributed by atoms with Gasteiger partial charge in [-0.1, -0.05) is 38.5 Å². The molecular formula is C14H21NO4S. The number of carbonyl (C=O) groups is 1. The molecule has 0 spiro atoms. The predicted octanol–water partition coefficient (Wildman–Crippen LogP) is 1.94. The van der Waals surface area contributed by atoms with Gasteiger partial charge in [-0.25, -0.2) is 8.42 Å². The van der Waals surface area contributed by atoms with Gasteiger partial charge in [0.25, 0.3) is 0 Å². The number of benzene rings is 1. The van der Waals surface area contributed by atoms with Crippen molar-refractivity contribution < 1.29 is 17.9 Å². The fourth-order valence-electron chi connectivity index (χ4n) is 1.70. The van der Waals surface area contributed by atoms with Gasteiger partial charge in [-0.05, 0) is 25.0 Å². The highest BCUT2D eigenvalue weighted by Crippen LogP contribution is 2.14. The number of carbonyl (C=O) groups excluding carboxylic acids is 1. The summed E-state index contributed by atoms with van der Waals surface area (Å²) in [4.78, 5) is 12.0. The van der Waals surface area contributed by atoms with Gasteiger partial charge in [-0.15, -0.1) is 0 Å². The van der Waals surface area contributed by atoms with Crippen molar-refractivity contribution in [2.75, 3.05) is 6.61 Å². The highest BCUT2D eigenvalue weighted by molar-refractivity contribution is 7.89. The number of sulfonamides is 1. The lowest BCUT2D eigenvalue weighted by Crippen LogP contribution is -2.45. The molecule has 20 heavy (non-hydrogen) atoms. The Morgan fingerprint density at radius 2 is 1.85 bits per heavy atom. The summed E-state index contributed by atoms with van der Waals surface area (Å²) in [6.45, 7) is 5.62. The maximum atomic E-state index is 12.3. The fourth-order valence-corrected chi connectivity index (χ4v) is 3.01. The van der Waals surface area contributed by atoms with Crippen LogP contribution in [0.25, 0.3) is 0 Å². The molecule has 0 saturated heterocycles. The maximum Gasteiger partial charge on any atom is 0.324 e. The average molecular weight is 299 g/mol. The number of rotatable bonds is 7. The third-order valence-electron chi connectivity index (χ3n) is 3.09. The van der Waals surface area contributed by atoms with Crippen molar-refractivity contribution in [3.8, 4) is 0 Å². The monoisotopic (exact) mass is 299 g/mol. The minimum Gasteiger partial charge on any atom is -0.465 e. The zero-order chi connectivity index (χ0) is 15.2. The first-order valence-electron chi connectivity index (χ1n) is 6.66. The molecule has 0 amide bonds. The van der Waals surface area contributed by atoms with E-state index in [1.807, 2.05) is 13.8 Å². The van der Waals surface area contributed by atoms with Gasteiger partial charge in [0.1, 0.15) is 6.04 Å². The molecule has 0 aromatic heterocycles. The van der Waals surface area contributed by atoms with E-state index in [2.05, 4.69) is 4.72 Å². The highest BCUT2D eigenvalue weighted by atomic mass is 32.2. The van der Waals surface area contributed by atoms with Crippen molar-refractivity contribution in [3.63, 3.8) is 0 Å². The van der Waals surface area contributed by atoms with Crippen molar-refractivity contribution in [1.29, 1.82) is 0 Å². The maximum absolute atomic E-state index is 12.3. The van der Waals surface area contributed by atoms with Gasteiger partial charge in [0, 0.05) is 0 Å². The molecular weight excluding hydrogens is 278 g/mol.